The number of carbonyl (C=O) groups is 1. The molecule has 0 atom stereocenters. The second kappa shape index (κ2) is 9.91. The number of pyridine rings is 1. The predicted octanol–water partition coefficient (Wildman–Crippen LogP) is 4.74. The maximum absolute atomic E-state index is 12.0. The standard InChI is InChI=1S/C21H17Cl2N3O3/c1-28-20-9-14(11-25-26-21(27)15-3-2-8-24-12-15)4-7-19(20)29-13-16-5-6-17(22)10-18(16)23/h2-12H,13H2,1H3,(H,26,27)/b25-11+. The summed E-state index contributed by atoms with van der Waals surface area (Å²) in [4.78, 5) is 15.8. The van der Waals surface area contributed by atoms with E-state index in [2.05, 4.69) is 15.5 Å². The smallest absolute Gasteiger partial charge is 0.272 e. The van der Waals surface area contributed by atoms with E-state index >= 15 is 0 Å². The first kappa shape index (κ1) is 20.6. The molecule has 1 heterocycles. The summed E-state index contributed by atoms with van der Waals surface area (Å²) in [6, 6.07) is 13.9. The summed E-state index contributed by atoms with van der Waals surface area (Å²) in [5.74, 6) is 0.730. The van der Waals surface area contributed by atoms with Crippen molar-refractivity contribution in [2.75, 3.05) is 7.11 Å². The van der Waals surface area contributed by atoms with E-state index in [4.69, 9.17) is 32.7 Å². The number of halogens is 2. The highest BCUT2D eigenvalue weighted by Crippen LogP contribution is 2.29. The largest absolute Gasteiger partial charge is 0.493 e. The third-order valence-electron chi connectivity index (χ3n) is 3.89. The van der Waals surface area contributed by atoms with E-state index in [1.807, 2.05) is 6.07 Å². The monoisotopic (exact) mass is 429 g/mol. The number of hydrazone groups is 1. The number of amides is 1. The van der Waals surface area contributed by atoms with Gasteiger partial charge in [-0.15, -0.1) is 0 Å². The van der Waals surface area contributed by atoms with E-state index in [-0.39, 0.29) is 12.5 Å². The van der Waals surface area contributed by atoms with Crippen LogP contribution in [0.25, 0.3) is 0 Å². The van der Waals surface area contributed by atoms with E-state index in [0.29, 0.717) is 27.1 Å². The van der Waals surface area contributed by atoms with Gasteiger partial charge in [0.1, 0.15) is 6.61 Å². The number of hydrogen-bond donors (Lipinski definition) is 1. The van der Waals surface area contributed by atoms with Gasteiger partial charge in [0.15, 0.2) is 11.5 Å². The molecule has 1 aromatic heterocycles. The van der Waals surface area contributed by atoms with Gasteiger partial charge in [-0.1, -0.05) is 29.3 Å². The molecule has 0 aliphatic carbocycles. The molecule has 29 heavy (non-hydrogen) atoms. The van der Waals surface area contributed by atoms with E-state index in [1.165, 1.54) is 12.4 Å². The molecule has 1 N–H and O–H groups in total. The van der Waals surface area contributed by atoms with Gasteiger partial charge in [-0.2, -0.15) is 5.10 Å². The van der Waals surface area contributed by atoms with Crippen LogP contribution >= 0.6 is 23.2 Å². The summed E-state index contributed by atoms with van der Waals surface area (Å²) < 4.78 is 11.2. The number of benzene rings is 2. The molecule has 0 radical (unpaired) electrons. The van der Waals surface area contributed by atoms with Crippen LogP contribution in [-0.2, 0) is 6.61 Å². The van der Waals surface area contributed by atoms with Gasteiger partial charge < -0.3 is 9.47 Å². The molecule has 0 spiro atoms. The van der Waals surface area contributed by atoms with Crippen LogP contribution in [0.2, 0.25) is 10.0 Å². The van der Waals surface area contributed by atoms with Gasteiger partial charge in [-0.05, 0) is 48.0 Å². The highest BCUT2D eigenvalue weighted by molar-refractivity contribution is 6.35. The third kappa shape index (κ3) is 5.70. The summed E-state index contributed by atoms with van der Waals surface area (Å²) >= 11 is 12.1. The first-order valence-electron chi connectivity index (χ1n) is 8.55. The molecule has 8 heteroatoms. The Balaban J connectivity index is 1.64. The maximum atomic E-state index is 12.0. The van der Waals surface area contributed by atoms with E-state index in [9.17, 15) is 4.79 Å². The fraction of sp³-hybridized carbons (Fsp3) is 0.0952. The van der Waals surface area contributed by atoms with Crippen LogP contribution in [0.4, 0.5) is 0 Å². The summed E-state index contributed by atoms with van der Waals surface area (Å²) in [6.07, 6.45) is 4.57. The molecule has 0 saturated carbocycles. The van der Waals surface area contributed by atoms with Crippen LogP contribution < -0.4 is 14.9 Å². The van der Waals surface area contributed by atoms with Crippen LogP contribution in [0, 0.1) is 0 Å². The van der Waals surface area contributed by atoms with E-state index in [0.717, 1.165) is 11.1 Å². The Bertz CT molecular complexity index is 1030. The first-order chi connectivity index (χ1) is 14.1. The minimum Gasteiger partial charge on any atom is -0.493 e. The Morgan fingerprint density at radius 3 is 2.76 bits per heavy atom. The number of ether oxygens (including phenoxy) is 2. The number of nitrogens with one attached hydrogen (secondary N) is 1. The van der Waals surface area contributed by atoms with Crippen molar-refractivity contribution in [1.29, 1.82) is 0 Å². The third-order valence-corrected chi connectivity index (χ3v) is 4.48. The molecule has 0 fully saturated rings. The highest BCUT2D eigenvalue weighted by Gasteiger charge is 2.08. The molecule has 148 valence electrons. The second-order valence-electron chi connectivity index (χ2n) is 5.88. The molecular weight excluding hydrogens is 413 g/mol. The SMILES string of the molecule is COc1cc(/C=N/NC(=O)c2cccnc2)ccc1OCc1ccc(Cl)cc1Cl. The summed E-state index contributed by atoms with van der Waals surface area (Å²) in [5, 5.41) is 5.06. The second-order valence-corrected chi connectivity index (χ2v) is 6.72. The average molecular weight is 430 g/mol. The van der Waals surface area contributed by atoms with Gasteiger partial charge in [-0.25, -0.2) is 5.43 Å². The van der Waals surface area contributed by atoms with Gasteiger partial charge in [0.05, 0.1) is 18.9 Å². The van der Waals surface area contributed by atoms with Crippen molar-refractivity contribution in [3.63, 3.8) is 0 Å². The molecule has 0 unspecified atom stereocenters. The zero-order valence-electron chi connectivity index (χ0n) is 15.4. The van der Waals surface area contributed by atoms with Gasteiger partial charge in [-0.3, -0.25) is 9.78 Å². The van der Waals surface area contributed by atoms with Crippen LogP contribution in [-0.4, -0.2) is 24.2 Å². The Labute approximate surface area is 178 Å². The number of nitrogens with zero attached hydrogens (tertiary/aromatic N) is 2. The fourth-order valence-corrected chi connectivity index (χ4v) is 2.87. The van der Waals surface area contributed by atoms with Crippen LogP contribution in [0.1, 0.15) is 21.5 Å². The van der Waals surface area contributed by atoms with Crippen molar-refractivity contribution in [2.24, 2.45) is 5.10 Å². The van der Waals surface area contributed by atoms with Crippen molar-refractivity contribution >= 4 is 35.3 Å². The number of rotatable bonds is 7. The zero-order valence-corrected chi connectivity index (χ0v) is 16.9. The lowest BCUT2D eigenvalue weighted by atomic mass is 10.2. The van der Waals surface area contributed by atoms with Gasteiger partial charge in [0, 0.05) is 28.0 Å². The molecule has 3 rings (SSSR count). The quantitative estimate of drug-likeness (QED) is 0.434. The molecule has 6 nitrogen and oxygen atoms in total. The molecule has 0 aliphatic rings. The van der Waals surface area contributed by atoms with Crippen molar-refractivity contribution in [3.05, 3.63) is 87.7 Å². The molecule has 0 bridgehead atoms. The predicted molar refractivity (Wildman–Crippen MR) is 113 cm³/mol. The Morgan fingerprint density at radius 2 is 2.03 bits per heavy atom. The molecule has 1 amide bonds. The van der Waals surface area contributed by atoms with E-state index in [1.54, 1.807) is 55.8 Å². The van der Waals surface area contributed by atoms with Crippen molar-refractivity contribution in [2.45, 2.75) is 6.61 Å². The Kier molecular flexibility index (Phi) is 7.05. The van der Waals surface area contributed by atoms with Gasteiger partial charge in [0.25, 0.3) is 5.91 Å². The highest BCUT2D eigenvalue weighted by atomic mass is 35.5. The van der Waals surface area contributed by atoms with Crippen LogP contribution in [0.15, 0.2) is 66.0 Å². The lowest BCUT2D eigenvalue weighted by Crippen LogP contribution is -2.17. The van der Waals surface area contributed by atoms with Gasteiger partial charge in [0.2, 0.25) is 0 Å². The molecule has 0 saturated heterocycles. The fourth-order valence-electron chi connectivity index (χ4n) is 2.41. The molecule has 3 aromatic rings. The molecule has 0 aliphatic heterocycles. The Hall–Kier alpha value is -3.09. The zero-order chi connectivity index (χ0) is 20.6. The van der Waals surface area contributed by atoms with Crippen molar-refractivity contribution in [3.8, 4) is 11.5 Å². The van der Waals surface area contributed by atoms with Crippen LogP contribution in [0.5, 0.6) is 11.5 Å². The van der Waals surface area contributed by atoms with Crippen molar-refractivity contribution < 1.29 is 14.3 Å². The summed E-state index contributed by atoms with van der Waals surface area (Å²) in [6.45, 7) is 0.265. The maximum Gasteiger partial charge on any atom is 0.272 e. The first-order valence-corrected chi connectivity index (χ1v) is 9.30. The van der Waals surface area contributed by atoms with Crippen molar-refractivity contribution in [1.82, 2.24) is 10.4 Å². The molecule has 2 aromatic carbocycles. The summed E-state index contributed by atoms with van der Waals surface area (Å²) in [7, 11) is 1.54. The van der Waals surface area contributed by atoms with Crippen LogP contribution in [0.3, 0.4) is 0 Å². The number of hydrogen-bond acceptors (Lipinski definition) is 5. The molecular formula is C21H17Cl2N3O3. The van der Waals surface area contributed by atoms with E-state index < -0.39 is 0 Å². The lowest BCUT2D eigenvalue weighted by molar-refractivity contribution is 0.0955. The number of carbonyl (C=O) groups excluding carboxylic acids is 1. The summed E-state index contributed by atoms with van der Waals surface area (Å²) in [5.41, 5.74) is 4.41. The topological polar surface area (TPSA) is 72.8 Å². The lowest BCUT2D eigenvalue weighted by Gasteiger charge is -2.12. The Morgan fingerprint density at radius 1 is 1.17 bits per heavy atom. The minimum absolute atomic E-state index is 0.265. The minimum atomic E-state index is -0.346. The average Bonchev–Trinajstić information content (AvgIpc) is 2.74. The normalized spacial score (nSPS) is 10.7. The van der Waals surface area contributed by atoms with Gasteiger partial charge >= 0.3 is 0 Å². The number of aromatic nitrogens is 1. The number of methoxy groups -OCH3 is 1.